The lowest BCUT2D eigenvalue weighted by Crippen LogP contribution is -1.84. The fourth-order valence-corrected chi connectivity index (χ4v) is 2.54. The van der Waals surface area contributed by atoms with Gasteiger partial charge in [-0.25, -0.2) is 0 Å². The zero-order valence-electron chi connectivity index (χ0n) is 9.11. The van der Waals surface area contributed by atoms with Crippen LogP contribution in [0.4, 0.5) is 0 Å². The zero-order valence-corrected chi connectivity index (χ0v) is 12.3. The number of rotatable bonds is 4. The number of aromatic nitrogens is 2. The van der Waals surface area contributed by atoms with Crippen molar-refractivity contribution >= 4 is 39.3 Å². The van der Waals surface area contributed by atoms with Crippen LogP contribution >= 0.6 is 39.3 Å². The first-order chi connectivity index (χ1) is 8.15. The van der Waals surface area contributed by atoms with Crippen LogP contribution in [-0.2, 0) is 11.5 Å². The lowest BCUT2D eigenvalue weighted by molar-refractivity contribution is 0.485. The summed E-state index contributed by atoms with van der Waals surface area (Å²) in [6, 6.07) is 5.95. The molecular weight excluding hydrogens is 324 g/mol. The Morgan fingerprint density at radius 1 is 1.35 bits per heavy atom. The van der Waals surface area contributed by atoms with E-state index in [0.717, 1.165) is 15.2 Å². The van der Waals surface area contributed by atoms with E-state index in [-0.39, 0.29) is 0 Å². The molecule has 0 saturated heterocycles. The van der Waals surface area contributed by atoms with Crippen molar-refractivity contribution in [3.05, 3.63) is 45.0 Å². The van der Waals surface area contributed by atoms with Crippen molar-refractivity contribution in [2.24, 2.45) is 0 Å². The predicted octanol–water partition coefficient (Wildman–Crippen LogP) is 4.23. The highest BCUT2D eigenvalue weighted by Gasteiger charge is 2.03. The Bertz CT molecular complexity index is 518. The summed E-state index contributed by atoms with van der Waals surface area (Å²) in [4.78, 5) is 0. The molecule has 6 heteroatoms. The lowest BCUT2D eigenvalue weighted by Gasteiger charge is -2.02. The monoisotopic (exact) mass is 332 g/mol. The molecule has 2 aromatic rings. The molecule has 90 valence electrons. The van der Waals surface area contributed by atoms with Crippen molar-refractivity contribution in [1.29, 1.82) is 0 Å². The van der Waals surface area contributed by atoms with Crippen molar-refractivity contribution in [3.63, 3.8) is 0 Å². The van der Waals surface area contributed by atoms with E-state index in [4.69, 9.17) is 16.0 Å². The third kappa shape index (κ3) is 3.72. The van der Waals surface area contributed by atoms with E-state index >= 15 is 0 Å². The molecule has 1 aromatic heterocycles. The molecule has 1 heterocycles. The molecule has 2 rings (SSSR count). The number of nitrogens with zero attached hydrogens (tertiary/aromatic N) is 2. The minimum atomic E-state index is 0.604. The Kier molecular flexibility index (Phi) is 4.48. The zero-order chi connectivity index (χ0) is 12.3. The molecule has 0 N–H and O–H groups in total. The molecule has 0 fully saturated rings. The van der Waals surface area contributed by atoms with Crippen LogP contribution in [0.3, 0.4) is 0 Å². The molecule has 0 amide bonds. The summed E-state index contributed by atoms with van der Waals surface area (Å²) < 4.78 is 6.20. The molecule has 1 aromatic carbocycles. The maximum absolute atomic E-state index is 6.02. The third-order valence-corrected chi connectivity index (χ3v) is 4.27. The Balaban J connectivity index is 1.87. The van der Waals surface area contributed by atoms with E-state index in [1.165, 1.54) is 5.56 Å². The van der Waals surface area contributed by atoms with Crippen molar-refractivity contribution in [2.75, 3.05) is 0 Å². The number of aryl methyl sites for hydroxylation is 1. The molecule has 0 unspecified atom stereocenters. The number of hydrogen-bond donors (Lipinski definition) is 0. The second-order valence-electron chi connectivity index (χ2n) is 3.46. The summed E-state index contributed by atoms with van der Waals surface area (Å²) in [6.07, 6.45) is 0. The Morgan fingerprint density at radius 3 is 2.82 bits per heavy atom. The average Bonchev–Trinajstić information content (AvgIpc) is 2.70. The second kappa shape index (κ2) is 5.89. The summed E-state index contributed by atoms with van der Waals surface area (Å²) in [5.41, 5.74) is 1.18. The molecule has 0 spiro atoms. The van der Waals surface area contributed by atoms with E-state index in [9.17, 15) is 0 Å². The number of benzene rings is 1. The van der Waals surface area contributed by atoms with Crippen molar-refractivity contribution in [1.82, 2.24) is 10.2 Å². The van der Waals surface area contributed by atoms with Gasteiger partial charge in [0.25, 0.3) is 0 Å². The van der Waals surface area contributed by atoms with Gasteiger partial charge in [0.15, 0.2) is 0 Å². The van der Waals surface area contributed by atoms with Gasteiger partial charge in [0, 0.05) is 17.1 Å². The van der Waals surface area contributed by atoms with Gasteiger partial charge in [-0.3, -0.25) is 0 Å². The molecule has 3 nitrogen and oxygen atoms in total. The topological polar surface area (TPSA) is 38.9 Å². The fourth-order valence-electron chi connectivity index (χ4n) is 1.28. The minimum absolute atomic E-state index is 0.604. The molecule has 0 aliphatic heterocycles. The molecule has 0 aliphatic carbocycles. The van der Waals surface area contributed by atoms with Crippen LogP contribution in [0, 0.1) is 6.92 Å². The average molecular weight is 334 g/mol. The molecular formula is C11H10BrClN2OS. The van der Waals surface area contributed by atoms with Crippen LogP contribution in [0.15, 0.2) is 27.1 Å². The number of thioether (sulfide) groups is 1. The van der Waals surface area contributed by atoms with Gasteiger partial charge < -0.3 is 4.42 Å². The Hall–Kier alpha value is -0.520. The highest BCUT2D eigenvalue weighted by atomic mass is 79.9. The minimum Gasteiger partial charge on any atom is -0.425 e. The maximum Gasteiger partial charge on any atom is 0.226 e. The quantitative estimate of drug-likeness (QED) is 0.839. The lowest BCUT2D eigenvalue weighted by atomic mass is 10.2. The van der Waals surface area contributed by atoms with Gasteiger partial charge in [0.1, 0.15) is 0 Å². The smallest absolute Gasteiger partial charge is 0.226 e. The molecule has 0 radical (unpaired) electrons. The van der Waals surface area contributed by atoms with Crippen molar-refractivity contribution in [3.8, 4) is 0 Å². The van der Waals surface area contributed by atoms with Crippen LogP contribution < -0.4 is 0 Å². The van der Waals surface area contributed by atoms with Gasteiger partial charge in [-0.1, -0.05) is 17.7 Å². The van der Waals surface area contributed by atoms with Crippen LogP contribution in [0.5, 0.6) is 0 Å². The Morgan fingerprint density at radius 2 is 2.18 bits per heavy atom. The summed E-state index contributed by atoms with van der Waals surface area (Å²) in [5.74, 6) is 2.85. The summed E-state index contributed by atoms with van der Waals surface area (Å²) in [7, 11) is 0. The Labute approximate surface area is 117 Å². The molecule has 0 atom stereocenters. The summed E-state index contributed by atoms with van der Waals surface area (Å²) in [5, 5.41) is 8.45. The van der Waals surface area contributed by atoms with Gasteiger partial charge in [0.05, 0.1) is 10.8 Å². The predicted molar refractivity (Wildman–Crippen MR) is 73.2 cm³/mol. The van der Waals surface area contributed by atoms with Gasteiger partial charge in [0.2, 0.25) is 11.8 Å². The van der Waals surface area contributed by atoms with Crippen molar-refractivity contribution in [2.45, 2.75) is 18.4 Å². The first-order valence-electron chi connectivity index (χ1n) is 4.96. The molecule has 0 saturated carbocycles. The van der Waals surface area contributed by atoms with E-state index in [1.807, 2.05) is 18.2 Å². The van der Waals surface area contributed by atoms with E-state index in [0.29, 0.717) is 17.5 Å². The first kappa shape index (κ1) is 12.9. The largest absolute Gasteiger partial charge is 0.425 e. The van der Waals surface area contributed by atoms with E-state index < -0.39 is 0 Å². The fraction of sp³-hybridized carbons (Fsp3) is 0.273. The van der Waals surface area contributed by atoms with Crippen LogP contribution in [0.2, 0.25) is 5.02 Å². The summed E-state index contributed by atoms with van der Waals surface area (Å²) in [6.45, 7) is 1.79. The standard InChI is InChI=1S/C11H10BrClN2OS/c1-7-14-15-11(16-7)6-17-5-8-2-3-9(12)10(13)4-8/h2-4H,5-6H2,1H3. The van der Waals surface area contributed by atoms with Crippen molar-refractivity contribution < 1.29 is 4.42 Å². The highest BCUT2D eigenvalue weighted by Crippen LogP contribution is 2.25. The molecule has 0 bridgehead atoms. The maximum atomic E-state index is 6.02. The van der Waals surface area contributed by atoms with Gasteiger partial charge in [-0.05, 0) is 33.6 Å². The number of halogens is 2. The van der Waals surface area contributed by atoms with Gasteiger partial charge >= 0.3 is 0 Å². The normalized spacial score (nSPS) is 10.8. The second-order valence-corrected chi connectivity index (χ2v) is 5.70. The first-order valence-corrected chi connectivity index (χ1v) is 7.28. The van der Waals surface area contributed by atoms with E-state index in [1.54, 1.807) is 18.7 Å². The molecule has 17 heavy (non-hydrogen) atoms. The third-order valence-electron chi connectivity index (χ3n) is 2.05. The SMILES string of the molecule is Cc1nnc(CSCc2ccc(Br)c(Cl)c2)o1. The number of hydrogen-bond acceptors (Lipinski definition) is 4. The highest BCUT2D eigenvalue weighted by molar-refractivity contribution is 9.10. The van der Waals surface area contributed by atoms with Crippen LogP contribution in [-0.4, -0.2) is 10.2 Å². The van der Waals surface area contributed by atoms with Crippen LogP contribution in [0.1, 0.15) is 17.3 Å². The molecule has 0 aliphatic rings. The van der Waals surface area contributed by atoms with E-state index in [2.05, 4.69) is 26.1 Å². The summed E-state index contributed by atoms with van der Waals surface area (Å²) >= 11 is 11.1. The van der Waals surface area contributed by atoms with Gasteiger partial charge in [-0.15, -0.1) is 22.0 Å². The van der Waals surface area contributed by atoms with Gasteiger partial charge in [-0.2, -0.15) is 0 Å². The van der Waals surface area contributed by atoms with Crippen LogP contribution in [0.25, 0.3) is 0 Å².